The van der Waals surface area contributed by atoms with Gasteiger partial charge in [-0.3, -0.25) is 14.6 Å². The van der Waals surface area contributed by atoms with E-state index in [1.54, 1.807) is 30.6 Å². The first-order valence-electron chi connectivity index (χ1n) is 11.0. The lowest BCUT2D eigenvalue weighted by atomic mass is 10.1. The van der Waals surface area contributed by atoms with Crippen LogP contribution in [0.2, 0.25) is 0 Å². The number of nitriles is 1. The second kappa shape index (κ2) is 10.4. The molecule has 8 nitrogen and oxygen atoms in total. The van der Waals surface area contributed by atoms with E-state index in [1.165, 1.54) is 16.7 Å². The third-order valence-corrected chi connectivity index (χ3v) is 5.61. The highest BCUT2D eigenvalue weighted by Gasteiger charge is 2.09. The minimum Gasteiger partial charge on any atom is -0.384 e. The summed E-state index contributed by atoms with van der Waals surface area (Å²) in [6, 6.07) is 19.8. The van der Waals surface area contributed by atoms with Crippen LogP contribution in [0.25, 0.3) is 0 Å². The Morgan fingerprint density at radius 1 is 1.09 bits per heavy atom. The summed E-state index contributed by atoms with van der Waals surface area (Å²) in [6.07, 6.45) is 3.75. The van der Waals surface area contributed by atoms with Crippen LogP contribution < -0.4 is 16.6 Å². The number of benzene rings is 1. The smallest absolute Gasteiger partial charge is 0.251 e. The number of nitrogens with zero attached hydrogens (tertiary/aromatic N) is 4. The second-order valence-electron chi connectivity index (χ2n) is 8.19. The Bertz CT molecular complexity index is 1470. The summed E-state index contributed by atoms with van der Waals surface area (Å²) in [7, 11) is 0. The molecule has 0 spiro atoms. The van der Waals surface area contributed by atoms with Gasteiger partial charge in [0.25, 0.3) is 11.5 Å². The van der Waals surface area contributed by atoms with Gasteiger partial charge >= 0.3 is 0 Å². The third-order valence-electron chi connectivity index (χ3n) is 5.61. The Morgan fingerprint density at radius 3 is 2.60 bits per heavy atom. The molecule has 1 amide bonds. The Kier molecular flexibility index (Phi) is 6.98. The topological polar surface area (TPSA) is 127 Å². The van der Waals surface area contributed by atoms with Crippen molar-refractivity contribution in [2.45, 2.75) is 26.4 Å². The van der Waals surface area contributed by atoms with Crippen molar-refractivity contribution in [3.05, 3.63) is 123 Å². The number of nitrogen functional groups attached to an aromatic ring is 1. The number of hydrogen-bond donors (Lipinski definition) is 2. The molecule has 0 aliphatic heterocycles. The van der Waals surface area contributed by atoms with Crippen molar-refractivity contribution in [1.82, 2.24) is 19.9 Å². The zero-order valence-electron chi connectivity index (χ0n) is 19.2. The summed E-state index contributed by atoms with van der Waals surface area (Å²) in [6.45, 7) is 2.60. The average Bonchev–Trinajstić information content (AvgIpc) is 2.86. The van der Waals surface area contributed by atoms with Gasteiger partial charge in [0, 0.05) is 48.4 Å². The monoisotopic (exact) mass is 464 g/mol. The maximum Gasteiger partial charge on any atom is 0.251 e. The first-order valence-corrected chi connectivity index (χ1v) is 11.0. The van der Waals surface area contributed by atoms with Crippen molar-refractivity contribution in [1.29, 1.82) is 5.26 Å². The molecular formula is C27H24N6O2. The normalized spacial score (nSPS) is 10.5. The molecule has 0 unspecified atom stereocenters. The Morgan fingerprint density at radius 2 is 1.86 bits per heavy atom. The van der Waals surface area contributed by atoms with Crippen molar-refractivity contribution in [2.24, 2.45) is 0 Å². The summed E-state index contributed by atoms with van der Waals surface area (Å²) < 4.78 is 1.51. The van der Waals surface area contributed by atoms with Crippen molar-refractivity contribution in [3.63, 3.8) is 0 Å². The quantitative estimate of drug-likeness (QED) is 0.433. The Hall–Kier alpha value is -4.77. The van der Waals surface area contributed by atoms with Gasteiger partial charge in [-0.15, -0.1) is 0 Å². The minimum atomic E-state index is -0.190. The standard InChI is InChI=1S/C27H24N6O2/c1-18-23(7-8-25(29)32-18)15-31-27(35)22-10-11-30-24(13-22)12-19-2-4-20(5-3-19)16-33-17-21(14-28)6-9-26(33)34/h2-11,13,17H,12,15-16H2,1H3,(H2,29,32)(H,31,35). The highest BCUT2D eigenvalue weighted by atomic mass is 16.1. The molecule has 174 valence electrons. The van der Waals surface area contributed by atoms with Gasteiger partial charge in [0.2, 0.25) is 0 Å². The maximum atomic E-state index is 12.7. The van der Waals surface area contributed by atoms with Crippen LogP contribution in [0.1, 0.15) is 44.0 Å². The van der Waals surface area contributed by atoms with Crippen LogP contribution in [-0.2, 0) is 19.5 Å². The van der Waals surface area contributed by atoms with Gasteiger partial charge in [-0.2, -0.15) is 5.26 Å². The molecule has 0 radical (unpaired) electrons. The molecule has 0 saturated heterocycles. The summed E-state index contributed by atoms with van der Waals surface area (Å²) in [5.74, 6) is 0.261. The van der Waals surface area contributed by atoms with Gasteiger partial charge in [0.15, 0.2) is 0 Å². The molecule has 35 heavy (non-hydrogen) atoms. The van der Waals surface area contributed by atoms with Crippen LogP contribution in [0, 0.1) is 18.3 Å². The Labute approximate surface area is 202 Å². The minimum absolute atomic E-state index is 0.157. The number of nitrogens with one attached hydrogen (secondary N) is 1. The predicted octanol–water partition coefficient (Wildman–Crippen LogP) is 2.97. The highest BCUT2D eigenvalue weighted by molar-refractivity contribution is 5.94. The van der Waals surface area contributed by atoms with E-state index in [4.69, 9.17) is 11.0 Å². The van der Waals surface area contributed by atoms with E-state index in [-0.39, 0.29) is 11.5 Å². The van der Waals surface area contributed by atoms with Gasteiger partial charge in [0.1, 0.15) is 11.9 Å². The van der Waals surface area contributed by atoms with E-state index in [0.29, 0.717) is 36.5 Å². The number of pyridine rings is 3. The number of anilines is 1. The first kappa shape index (κ1) is 23.4. The zero-order chi connectivity index (χ0) is 24.8. The number of amides is 1. The summed E-state index contributed by atoms with van der Waals surface area (Å²) in [5.41, 5.74) is 10.9. The SMILES string of the molecule is Cc1nc(N)ccc1CNC(=O)c1ccnc(Cc2ccc(Cn3cc(C#N)ccc3=O)cc2)c1. The molecule has 0 saturated carbocycles. The summed E-state index contributed by atoms with van der Waals surface area (Å²) in [4.78, 5) is 33.3. The van der Waals surface area contributed by atoms with E-state index in [0.717, 1.165) is 28.1 Å². The molecule has 4 aromatic rings. The van der Waals surface area contributed by atoms with Crippen LogP contribution in [0.3, 0.4) is 0 Å². The van der Waals surface area contributed by atoms with Crippen LogP contribution >= 0.6 is 0 Å². The van der Waals surface area contributed by atoms with Crippen LogP contribution in [-0.4, -0.2) is 20.4 Å². The molecule has 4 rings (SSSR count). The first-order chi connectivity index (χ1) is 16.9. The lowest BCUT2D eigenvalue weighted by molar-refractivity contribution is 0.0950. The number of aromatic nitrogens is 3. The lowest BCUT2D eigenvalue weighted by Crippen LogP contribution is -2.23. The molecule has 1 aromatic carbocycles. The number of nitrogens with two attached hydrogens (primary N) is 1. The molecule has 3 heterocycles. The van der Waals surface area contributed by atoms with Crippen molar-refractivity contribution in [2.75, 3.05) is 5.73 Å². The fraction of sp³-hybridized carbons (Fsp3) is 0.148. The van der Waals surface area contributed by atoms with E-state index in [2.05, 4.69) is 15.3 Å². The van der Waals surface area contributed by atoms with E-state index < -0.39 is 0 Å². The largest absolute Gasteiger partial charge is 0.384 e. The fourth-order valence-corrected chi connectivity index (χ4v) is 3.68. The second-order valence-corrected chi connectivity index (χ2v) is 8.19. The van der Waals surface area contributed by atoms with Gasteiger partial charge in [0.05, 0.1) is 12.1 Å². The molecule has 0 fully saturated rings. The third kappa shape index (κ3) is 5.97. The molecule has 3 aromatic heterocycles. The van der Waals surface area contributed by atoms with E-state index in [1.807, 2.05) is 43.3 Å². The summed E-state index contributed by atoms with van der Waals surface area (Å²) >= 11 is 0. The van der Waals surface area contributed by atoms with Crippen molar-refractivity contribution >= 4 is 11.7 Å². The predicted molar refractivity (Wildman–Crippen MR) is 133 cm³/mol. The maximum absolute atomic E-state index is 12.7. The molecular weight excluding hydrogens is 440 g/mol. The number of hydrogen-bond acceptors (Lipinski definition) is 6. The molecule has 3 N–H and O–H groups in total. The van der Waals surface area contributed by atoms with E-state index >= 15 is 0 Å². The molecule has 0 aliphatic rings. The van der Waals surface area contributed by atoms with E-state index in [9.17, 15) is 9.59 Å². The molecule has 8 heteroatoms. The number of aryl methyl sites for hydroxylation is 1. The number of carbonyl (C=O) groups excluding carboxylic acids is 1. The number of rotatable bonds is 7. The fourth-order valence-electron chi connectivity index (χ4n) is 3.68. The van der Waals surface area contributed by atoms with Crippen LogP contribution in [0.4, 0.5) is 5.82 Å². The zero-order valence-corrected chi connectivity index (χ0v) is 19.2. The van der Waals surface area contributed by atoms with Gasteiger partial charge in [-0.05, 0) is 47.9 Å². The molecule has 0 aliphatic carbocycles. The van der Waals surface area contributed by atoms with Crippen molar-refractivity contribution in [3.8, 4) is 6.07 Å². The van der Waals surface area contributed by atoms with Crippen LogP contribution in [0.15, 0.2) is 77.9 Å². The average molecular weight is 465 g/mol. The van der Waals surface area contributed by atoms with Gasteiger partial charge in [-0.25, -0.2) is 4.98 Å². The lowest BCUT2D eigenvalue weighted by Gasteiger charge is -2.09. The van der Waals surface area contributed by atoms with Gasteiger partial charge < -0.3 is 15.6 Å². The van der Waals surface area contributed by atoms with Gasteiger partial charge in [-0.1, -0.05) is 30.3 Å². The Balaban J connectivity index is 1.39. The van der Waals surface area contributed by atoms with Crippen molar-refractivity contribution < 1.29 is 4.79 Å². The number of carbonyl (C=O) groups is 1. The molecule has 0 atom stereocenters. The highest BCUT2D eigenvalue weighted by Crippen LogP contribution is 2.13. The summed E-state index contributed by atoms with van der Waals surface area (Å²) in [5, 5.41) is 12.0. The van der Waals surface area contributed by atoms with Crippen LogP contribution in [0.5, 0.6) is 0 Å². The molecule has 0 bridgehead atoms.